The van der Waals surface area contributed by atoms with Crippen LogP contribution in [0.5, 0.6) is 0 Å². The third kappa shape index (κ3) is 6.35. The van der Waals surface area contributed by atoms with Crippen molar-refractivity contribution in [1.82, 2.24) is 9.62 Å². The largest absolute Gasteiger partial charge is 0.469 e. The molecule has 19 heavy (non-hydrogen) atoms. The second-order valence-electron chi connectivity index (χ2n) is 5.16. The lowest BCUT2D eigenvalue weighted by Gasteiger charge is -2.35. The van der Waals surface area contributed by atoms with E-state index in [0.29, 0.717) is 12.3 Å². The molecule has 7 heteroatoms. The highest BCUT2D eigenvalue weighted by atomic mass is 32.2. The molecular formula is C12H24N2O4S. The lowest BCUT2D eigenvalue weighted by Crippen LogP contribution is -2.49. The molecule has 0 aromatic heterocycles. The number of ether oxygens (including phenoxy) is 1. The van der Waals surface area contributed by atoms with Crippen LogP contribution < -0.4 is 4.72 Å². The van der Waals surface area contributed by atoms with Gasteiger partial charge in [0.2, 0.25) is 10.0 Å². The molecule has 0 amide bonds. The minimum absolute atomic E-state index is 0.158. The minimum Gasteiger partial charge on any atom is -0.469 e. The van der Waals surface area contributed by atoms with Crippen LogP contribution in [0.3, 0.4) is 0 Å². The molecule has 0 aliphatic carbocycles. The van der Waals surface area contributed by atoms with E-state index < -0.39 is 10.0 Å². The summed E-state index contributed by atoms with van der Waals surface area (Å²) in [6.45, 7) is 3.57. The monoisotopic (exact) mass is 292 g/mol. The molecule has 0 radical (unpaired) electrons. The summed E-state index contributed by atoms with van der Waals surface area (Å²) in [5.74, 6) is 0.371. The number of carbonyl (C=O) groups is 1. The van der Waals surface area contributed by atoms with Gasteiger partial charge in [0.05, 0.1) is 19.5 Å². The average Bonchev–Trinajstić information content (AvgIpc) is 2.34. The third-order valence-corrected chi connectivity index (χ3v) is 4.34. The number of hydrogen-bond acceptors (Lipinski definition) is 5. The molecule has 1 aliphatic rings. The van der Waals surface area contributed by atoms with Crippen LogP contribution >= 0.6 is 0 Å². The van der Waals surface area contributed by atoms with E-state index >= 15 is 0 Å². The summed E-state index contributed by atoms with van der Waals surface area (Å²) in [5, 5.41) is 0. The first-order valence-electron chi connectivity index (χ1n) is 6.60. The summed E-state index contributed by atoms with van der Waals surface area (Å²) in [4.78, 5) is 13.2. The van der Waals surface area contributed by atoms with Gasteiger partial charge in [0, 0.05) is 6.42 Å². The SMILES string of the molecule is COC(=O)CCC1CCN(C(C)NS(C)(=O)=O)CC1. The van der Waals surface area contributed by atoms with Crippen LogP contribution in [0.1, 0.15) is 32.6 Å². The van der Waals surface area contributed by atoms with Gasteiger partial charge in [-0.2, -0.15) is 4.72 Å². The zero-order valence-corrected chi connectivity index (χ0v) is 12.7. The number of nitrogens with one attached hydrogen (secondary N) is 1. The summed E-state index contributed by atoms with van der Waals surface area (Å²) < 4.78 is 29.6. The van der Waals surface area contributed by atoms with Gasteiger partial charge in [-0.3, -0.25) is 9.69 Å². The molecule has 112 valence electrons. The number of piperidine rings is 1. The number of methoxy groups -OCH3 is 1. The summed E-state index contributed by atoms with van der Waals surface area (Å²) in [6.07, 6.45) is 4.32. The van der Waals surface area contributed by atoms with Gasteiger partial charge in [-0.25, -0.2) is 8.42 Å². The van der Waals surface area contributed by atoms with E-state index in [1.54, 1.807) is 0 Å². The Bertz CT molecular complexity index is 389. The molecule has 1 unspecified atom stereocenters. The van der Waals surface area contributed by atoms with Crippen molar-refractivity contribution in [2.75, 3.05) is 26.5 Å². The normalized spacial score (nSPS) is 20.2. The lowest BCUT2D eigenvalue weighted by molar-refractivity contribution is -0.141. The van der Waals surface area contributed by atoms with Gasteiger partial charge in [0.15, 0.2) is 0 Å². The van der Waals surface area contributed by atoms with E-state index in [2.05, 4.69) is 14.4 Å². The maximum absolute atomic E-state index is 11.2. The first-order chi connectivity index (χ1) is 8.81. The number of carbonyl (C=O) groups excluding carboxylic acids is 1. The van der Waals surface area contributed by atoms with Crippen molar-refractivity contribution in [2.45, 2.75) is 38.8 Å². The number of hydrogen-bond donors (Lipinski definition) is 1. The Balaban J connectivity index is 2.30. The fourth-order valence-electron chi connectivity index (χ4n) is 2.44. The van der Waals surface area contributed by atoms with Crippen LogP contribution in [0.2, 0.25) is 0 Å². The molecule has 1 atom stereocenters. The van der Waals surface area contributed by atoms with E-state index in [0.717, 1.165) is 32.4 Å². The van der Waals surface area contributed by atoms with Gasteiger partial charge < -0.3 is 4.74 Å². The maximum atomic E-state index is 11.2. The standard InChI is InChI=1S/C12H24N2O4S/c1-10(13-19(3,16)17)14-8-6-11(7-9-14)4-5-12(15)18-2/h10-11,13H,4-9H2,1-3H3. The molecule has 1 rings (SSSR count). The van der Waals surface area contributed by atoms with Crippen molar-refractivity contribution in [3.05, 3.63) is 0 Å². The van der Waals surface area contributed by atoms with E-state index in [9.17, 15) is 13.2 Å². The molecule has 1 fully saturated rings. The van der Waals surface area contributed by atoms with Gasteiger partial charge >= 0.3 is 5.97 Å². The molecule has 0 spiro atoms. The zero-order valence-electron chi connectivity index (χ0n) is 11.9. The summed E-state index contributed by atoms with van der Waals surface area (Å²) in [7, 11) is -1.76. The van der Waals surface area contributed by atoms with Crippen molar-refractivity contribution in [3.63, 3.8) is 0 Å². The summed E-state index contributed by atoms with van der Waals surface area (Å²) in [5.41, 5.74) is 0. The Hall–Kier alpha value is -0.660. The van der Waals surface area contributed by atoms with Crippen LogP contribution in [-0.2, 0) is 19.6 Å². The number of esters is 1. The van der Waals surface area contributed by atoms with E-state index in [4.69, 9.17) is 0 Å². The smallest absolute Gasteiger partial charge is 0.305 e. The van der Waals surface area contributed by atoms with Crippen molar-refractivity contribution < 1.29 is 17.9 Å². The molecule has 1 saturated heterocycles. The molecule has 1 heterocycles. The van der Waals surface area contributed by atoms with Gasteiger partial charge in [-0.15, -0.1) is 0 Å². The van der Waals surface area contributed by atoms with Crippen LogP contribution in [0.4, 0.5) is 0 Å². The highest BCUT2D eigenvalue weighted by Crippen LogP contribution is 2.22. The first kappa shape index (κ1) is 16.4. The summed E-state index contributed by atoms with van der Waals surface area (Å²) >= 11 is 0. The Labute approximate surface area is 115 Å². The van der Waals surface area contributed by atoms with Crippen LogP contribution in [-0.4, -0.2) is 51.9 Å². The van der Waals surface area contributed by atoms with Gasteiger partial charge in [-0.05, 0) is 45.2 Å². The number of likely N-dealkylation sites (tertiary alicyclic amines) is 1. The molecular weight excluding hydrogens is 268 g/mol. The van der Waals surface area contributed by atoms with Gasteiger partial charge in [0.25, 0.3) is 0 Å². The van der Waals surface area contributed by atoms with Crippen LogP contribution in [0.25, 0.3) is 0 Å². The van der Waals surface area contributed by atoms with E-state index in [1.807, 2.05) is 6.92 Å². The Morgan fingerprint density at radius 2 is 2.00 bits per heavy atom. The predicted molar refractivity (Wildman–Crippen MR) is 73.0 cm³/mol. The second kappa shape index (κ2) is 7.21. The highest BCUT2D eigenvalue weighted by molar-refractivity contribution is 7.88. The Kier molecular flexibility index (Phi) is 6.22. The van der Waals surface area contributed by atoms with Crippen molar-refractivity contribution in [1.29, 1.82) is 0 Å². The average molecular weight is 292 g/mol. The third-order valence-electron chi connectivity index (χ3n) is 3.57. The lowest BCUT2D eigenvalue weighted by atomic mass is 9.92. The number of sulfonamides is 1. The summed E-state index contributed by atoms with van der Waals surface area (Å²) in [6, 6.07) is 0. The molecule has 0 saturated carbocycles. The number of rotatable bonds is 6. The fourth-order valence-corrected chi connectivity index (χ4v) is 3.21. The van der Waals surface area contributed by atoms with E-state index in [1.165, 1.54) is 13.4 Å². The minimum atomic E-state index is -3.16. The molecule has 0 bridgehead atoms. The van der Waals surface area contributed by atoms with Crippen molar-refractivity contribution in [2.24, 2.45) is 5.92 Å². The molecule has 6 nitrogen and oxygen atoms in total. The number of nitrogens with zero attached hydrogens (tertiary/aromatic N) is 1. The molecule has 1 N–H and O–H groups in total. The van der Waals surface area contributed by atoms with Gasteiger partial charge in [0.1, 0.15) is 0 Å². The maximum Gasteiger partial charge on any atom is 0.305 e. The highest BCUT2D eigenvalue weighted by Gasteiger charge is 2.24. The zero-order chi connectivity index (χ0) is 14.5. The van der Waals surface area contributed by atoms with Crippen LogP contribution in [0, 0.1) is 5.92 Å². The van der Waals surface area contributed by atoms with E-state index in [-0.39, 0.29) is 12.1 Å². The van der Waals surface area contributed by atoms with Crippen molar-refractivity contribution in [3.8, 4) is 0 Å². The second-order valence-corrected chi connectivity index (χ2v) is 6.94. The first-order valence-corrected chi connectivity index (χ1v) is 8.49. The topological polar surface area (TPSA) is 75.7 Å². The Morgan fingerprint density at radius 3 is 2.47 bits per heavy atom. The predicted octanol–water partition coefficient (Wildman–Crippen LogP) is 0.547. The fraction of sp³-hybridized carbons (Fsp3) is 0.917. The van der Waals surface area contributed by atoms with Gasteiger partial charge in [-0.1, -0.05) is 0 Å². The molecule has 1 aliphatic heterocycles. The Morgan fingerprint density at radius 1 is 1.42 bits per heavy atom. The quantitative estimate of drug-likeness (QED) is 0.723. The molecule has 0 aromatic carbocycles. The van der Waals surface area contributed by atoms with Crippen molar-refractivity contribution >= 4 is 16.0 Å². The molecule has 0 aromatic rings. The van der Waals surface area contributed by atoms with Crippen LogP contribution in [0.15, 0.2) is 0 Å².